The number of alkyl halides is 2. The van der Waals surface area contributed by atoms with Crippen LogP contribution in [0.4, 0.5) is 14.5 Å². The molecule has 0 saturated carbocycles. The van der Waals surface area contributed by atoms with E-state index in [-0.39, 0.29) is 11.7 Å². The summed E-state index contributed by atoms with van der Waals surface area (Å²) in [5.41, 5.74) is 2.19. The quantitative estimate of drug-likeness (QED) is 0.788. The zero-order valence-corrected chi connectivity index (χ0v) is 13.0. The molecule has 0 heterocycles. The van der Waals surface area contributed by atoms with E-state index in [9.17, 15) is 13.6 Å². The number of nitrogens with one attached hydrogen (secondary N) is 1. The molecule has 0 saturated heterocycles. The third kappa shape index (κ3) is 5.38. The van der Waals surface area contributed by atoms with E-state index in [0.717, 1.165) is 5.56 Å². The normalized spacial score (nSPS) is 11.0. The molecule has 0 bridgehead atoms. The molecule has 0 aliphatic rings. The summed E-state index contributed by atoms with van der Waals surface area (Å²) in [4.78, 5) is 11.9. The molecular weight excluding hydrogens is 324 g/mol. The van der Waals surface area contributed by atoms with Crippen LogP contribution in [0.15, 0.2) is 48.5 Å². The first kappa shape index (κ1) is 17.0. The number of ether oxygens (including phenoxy) is 1. The summed E-state index contributed by atoms with van der Waals surface area (Å²) >= 11 is 6.04. The highest BCUT2D eigenvalue weighted by Gasteiger charge is 2.04. The van der Waals surface area contributed by atoms with Crippen molar-refractivity contribution in [1.29, 1.82) is 0 Å². The van der Waals surface area contributed by atoms with Crippen molar-refractivity contribution >= 4 is 29.3 Å². The minimum Gasteiger partial charge on any atom is -0.435 e. The SMILES string of the molecule is Cc1ccc(NC(=O)C=Cc2ccc(OC(F)F)cc2)c(Cl)c1. The summed E-state index contributed by atoms with van der Waals surface area (Å²) in [6, 6.07) is 11.3. The number of anilines is 1. The predicted molar refractivity (Wildman–Crippen MR) is 86.9 cm³/mol. The Hall–Kier alpha value is -2.40. The zero-order valence-electron chi connectivity index (χ0n) is 12.2. The Labute approximate surface area is 137 Å². The van der Waals surface area contributed by atoms with Gasteiger partial charge in [-0.15, -0.1) is 0 Å². The van der Waals surface area contributed by atoms with Crippen molar-refractivity contribution in [2.75, 3.05) is 5.32 Å². The van der Waals surface area contributed by atoms with Crippen molar-refractivity contribution in [3.8, 4) is 5.75 Å². The van der Waals surface area contributed by atoms with Gasteiger partial charge in [0.2, 0.25) is 5.91 Å². The van der Waals surface area contributed by atoms with Crippen molar-refractivity contribution in [1.82, 2.24) is 0 Å². The van der Waals surface area contributed by atoms with Crippen LogP contribution in [0.3, 0.4) is 0 Å². The molecule has 0 aliphatic carbocycles. The Bertz CT molecular complexity index is 715. The smallest absolute Gasteiger partial charge is 0.387 e. The molecule has 0 radical (unpaired) electrons. The van der Waals surface area contributed by atoms with Crippen LogP contribution < -0.4 is 10.1 Å². The van der Waals surface area contributed by atoms with Crippen LogP contribution in [0, 0.1) is 6.92 Å². The predicted octanol–water partition coefficient (Wildman–Crippen LogP) is 4.90. The van der Waals surface area contributed by atoms with E-state index in [1.807, 2.05) is 13.0 Å². The zero-order chi connectivity index (χ0) is 16.8. The Morgan fingerprint density at radius 2 is 1.91 bits per heavy atom. The minimum atomic E-state index is -2.86. The van der Waals surface area contributed by atoms with Gasteiger partial charge < -0.3 is 10.1 Å². The molecule has 0 unspecified atom stereocenters. The van der Waals surface area contributed by atoms with Gasteiger partial charge in [-0.05, 0) is 48.4 Å². The molecule has 3 nitrogen and oxygen atoms in total. The van der Waals surface area contributed by atoms with Crippen molar-refractivity contribution in [2.24, 2.45) is 0 Å². The number of carbonyl (C=O) groups excluding carboxylic acids is 1. The molecule has 0 aliphatic heterocycles. The van der Waals surface area contributed by atoms with E-state index < -0.39 is 6.61 Å². The summed E-state index contributed by atoms with van der Waals surface area (Å²) in [5.74, 6) is -0.281. The van der Waals surface area contributed by atoms with Gasteiger partial charge in [0.05, 0.1) is 10.7 Å². The lowest BCUT2D eigenvalue weighted by molar-refractivity contribution is -0.111. The van der Waals surface area contributed by atoms with Crippen LogP contribution in [0.2, 0.25) is 5.02 Å². The van der Waals surface area contributed by atoms with Gasteiger partial charge in [0.1, 0.15) is 5.75 Å². The van der Waals surface area contributed by atoms with Crippen LogP contribution >= 0.6 is 11.6 Å². The number of aryl methyl sites for hydroxylation is 1. The maximum atomic E-state index is 12.0. The van der Waals surface area contributed by atoms with Crippen molar-refractivity contribution in [3.05, 3.63) is 64.7 Å². The fourth-order valence-corrected chi connectivity index (χ4v) is 2.11. The van der Waals surface area contributed by atoms with Crippen LogP contribution in [-0.4, -0.2) is 12.5 Å². The van der Waals surface area contributed by atoms with Crippen LogP contribution in [0.5, 0.6) is 5.75 Å². The number of hydrogen-bond donors (Lipinski definition) is 1. The molecule has 1 amide bonds. The number of benzene rings is 2. The summed E-state index contributed by atoms with van der Waals surface area (Å²) in [5, 5.41) is 3.12. The third-order valence-corrected chi connectivity index (χ3v) is 3.23. The van der Waals surface area contributed by atoms with Crippen LogP contribution in [0.25, 0.3) is 6.08 Å². The van der Waals surface area contributed by atoms with E-state index in [2.05, 4.69) is 10.1 Å². The second kappa shape index (κ2) is 7.74. The van der Waals surface area contributed by atoms with Gasteiger partial charge >= 0.3 is 6.61 Å². The fourth-order valence-electron chi connectivity index (χ4n) is 1.83. The minimum absolute atomic E-state index is 0.0630. The maximum Gasteiger partial charge on any atom is 0.387 e. The largest absolute Gasteiger partial charge is 0.435 e. The van der Waals surface area contributed by atoms with Gasteiger partial charge in [-0.3, -0.25) is 4.79 Å². The van der Waals surface area contributed by atoms with Crippen molar-refractivity contribution in [3.63, 3.8) is 0 Å². The molecule has 2 aromatic rings. The molecule has 120 valence electrons. The molecule has 0 atom stereocenters. The van der Waals surface area contributed by atoms with Gasteiger partial charge in [0.15, 0.2) is 0 Å². The van der Waals surface area contributed by atoms with Gasteiger partial charge in [-0.2, -0.15) is 8.78 Å². The van der Waals surface area contributed by atoms with Crippen LogP contribution in [0.1, 0.15) is 11.1 Å². The average Bonchev–Trinajstić information content (AvgIpc) is 2.49. The summed E-state index contributed by atoms with van der Waals surface area (Å²) in [7, 11) is 0. The number of hydrogen-bond acceptors (Lipinski definition) is 2. The lowest BCUT2D eigenvalue weighted by Gasteiger charge is -2.06. The first-order valence-corrected chi connectivity index (χ1v) is 7.12. The highest BCUT2D eigenvalue weighted by atomic mass is 35.5. The number of rotatable bonds is 5. The number of halogens is 3. The topological polar surface area (TPSA) is 38.3 Å². The third-order valence-electron chi connectivity index (χ3n) is 2.91. The van der Waals surface area contributed by atoms with Gasteiger partial charge in [-0.1, -0.05) is 29.8 Å². The molecular formula is C17H14ClF2NO2. The average molecular weight is 338 g/mol. The van der Waals surface area contributed by atoms with Crippen molar-refractivity contribution < 1.29 is 18.3 Å². The summed E-state index contributed by atoms with van der Waals surface area (Å²) in [6.07, 6.45) is 2.89. The second-order valence-electron chi connectivity index (χ2n) is 4.75. The van der Waals surface area contributed by atoms with Gasteiger partial charge in [-0.25, -0.2) is 0 Å². The molecule has 2 rings (SSSR count). The number of amides is 1. The summed E-state index contributed by atoms with van der Waals surface area (Å²) < 4.78 is 28.3. The monoisotopic (exact) mass is 337 g/mol. The van der Waals surface area contributed by atoms with E-state index in [1.54, 1.807) is 30.3 Å². The number of carbonyl (C=O) groups is 1. The summed E-state index contributed by atoms with van der Waals surface area (Å²) in [6.45, 7) is -0.958. The highest BCUT2D eigenvalue weighted by Crippen LogP contribution is 2.22. The molecule has 1 N–H and O–H groups in total. The van der Waals surface area contributed by atoms with E-state index in [0.29, 0.717) is 16.3 Å². The first-order valence-electron chi connectivity index (χ1n) is 6.74. The second-order valence-corrected chi connectivity index (χ2v) is 5.16. The Morgan fingerprint density at radius 3 is 2.52 bits per heavy atom. The van der Waals surface area contributed by atoms with Gasteiger partial charge in [0.25, 0.3) is 0 Å². The maximum absolute atomic E-state index is 12.0. The van der Waals surface area contributed by atoms with E-state index >= 15 is 0 Å². The fraction of sp³-hybridized carbons (Fsp3) is 0.118. The molecule has 2 aromatic carbocycles. The van der Waals surface area contributed by atoms with Gasteiger partial charge in [0, 0.05) is 6.08 Å². The Balaban J connectivity index is 1.97. The lowest BCUT2D eigenvalue weighted by atomic mass is 10.2. The first-order chi connectivity index (χ1) is 10.9. The Kier molecular flexibility index (Phi) is 5.71. The highest BCUT2D eigenvalue weighted by molar-refractivity contribution is 6.33. The molecule has 0 aromatic heterocycles. The van der Waals surface area contributed by atoms with E-state index in [1.165, 1.54) is 18.2 Å². The molecule has 23 heavy (non-hydrogen) atoms. The van der Waals surface area contributed by atoms with Crippen LogP contribution in [-0.2, 0) is 4.79 Å². The van der Waals surface area contributed by atoms with Crippen molar-refractivity contribution in [2.45, 2.75) is 13.5 Å². The molecule has 0 fully saturated rings. The lowest BCUT2D eigenvalue weighted by Crippen LogP contribution is -2.08. The Morgan fingerprint density at radius 1 is 1.22 bits per heavy atom. The van der Waals surface area contributed by atoms with E-state index in [4.69, 9.17) is 11.6 Å². The molecule has 0 spiro atoms. The standard InChI is InChI=1S/C17H14ClF2NO2/c1-11-2-8-15(14(18)10-11)21-16(22)9-5-12-3-6-13(7-4-12)23-17(19)20/h2-10,17H,1H3,(H,21,22). The molecule has 6 heteroatoms.